The fraction of sp³-hybridized carbons (Fsp3) is 0.900. The van der Waals surface area contributed by atoms with Gasteiger partial charge in [0.2, 0.25) is 0 Å². The number of aldehydes is 2. The van der Waals surface area contributed by atoms with E-state index < -0.39 is 0 Å². The van der Waals surface area contributed by atoms with Crippen LogP contribution in [-0.4, -0.2) is 12.6 Å². The highest BCUT2D eigenvalue weighted by Crippen LogP contribution is 2.17. The van der Waals surface area contributed by atoms with Gasteiger partial charge in [0.25, 0.3) is 0 Å². The molecule has 0 amide bonds. The van der Waals surface area contributed by atoms with Crippen LogP contribution in [0.5, 0.6) is 0 Å². The summed E-state index contributed by atoms with van der Waals surface area (Å²) in [5.74, 6) is 0.297. The molecule has 0 bridgehead atoms. The molecule has 1 unspecified atom stereocenters. The normalized spacial score (nSPS) is 12.2. The van der Waals surface area contributed by atoms with Crippen LogP contribution in [-0.2, 0) is 9.59 Å². The van der Waals surface area contributed by atoms with Gasteiger partial charge in [-0.15, -0.1) is 0 Å². The van der Waals surface area contributed by atoms with E-state index in [0.29, 0.717) is 12.3 Å². The van der Waals surface area contributed by atoms with Crippen molar-refractivity contribution in [2.24, 2.45) is 5.92 Å². The van der Waals surface area contributed by atoms with Gasteiger partial charge in [-0.3, -0.25) is 0 Å². The molecule has 0 N–H and O–H groups in total. The molecule has 2 heteroatoms. The lowest BCUT2D eigenvalue weighted by molar-refractivity contribution is -0.111. The van der Waals surface area contributed by atoms with Crippen molar-refractivity contribution in [3.8, 4) is 0 Å². The van der Waals surface area contributed by atoms with E-state index in [-0.39, 0.29) is 0 Å². The SMILES string of the molecule is CCCCCCCCCC(C=O)CCCCCCCCC=O. The van der Waals surface area contributed by atoms with Gasteiger partial charge in [0.1, 0.15) is 12.6 Å². The van der Waals surface area contributed by atoms with Crippen LogP contribution in [0, 0.1) is 5.92 Å². The van der Waals surface area contributed by atoms with E-state index in [2.05, 4.69) is 6.92 Å². The van der Waals surface area contributed by atoms with Gasteiger partial charge in [-0.2, -0.15) is 0 Å². The monoisotopic (exact) mass is 310 g/mol. The Morgan fingerprint density at radius 2 is 1.09 bits per heavy atom. The molecule has 0 aliphatic rings. The van der Waals surface area contributed by atoms with Gasteiger partial charge in [0, 0.05) is 12.3 Å². The summed E-state index contributed by atoms with van der Waals surface area (Å²) in [6.45, 7) is 2.25. The highest BCUT2D eigenvalue weighted by molar-refractivity contribution is 5.53. The molecule has 0 rings (SSSR count). The lowest BCUT2D eigenvalue weighted by atomic mass is 9.95. The van der Waals surface area contributed by atoms with Crippen LogP contribution >= 0.6 is 0 Å². The van der Waals surface area contributed by atoms with Crippen molar-refractivity contribution < 1.29 is 9.59 Å². The maximum atomic E-state index is 11.1. The number of hydrogen-bond donors (Lipinski definition) is 0. The average molecular weight is 311 g/mol. The summed E-state index contributed by atoms with van der Waals surface area (Å²) in [5.41, 5.74) is 0. The molecule has 0 aromatic carbocycles. The Morgan fingerprint density at radius 1 is 0.636 bits per heavy atom. The molecule has 0 aliphatic heterocycles. The molecular weight excluding hydrogens is 272 g/mol. The Kier molecular flexibility index (Phi) is 17.8. The predicted molar refractivity (Wildman–Crippen MR) is 95.2 cm³/mol. The summed E-state index contributed by atoms with van der Waals surface area (Å²) in [6.07, 6.45) is 21.5. The summed E-state index contributed by atoms with van der Waals surface area (Å²) in [4.78, 5) is 21.3. The maximum absolute atomic E-state index is 11.1. The van der Waals surface area contributed by atoms with Crippen molar-refractivity contribution in [1.82, 2.24) is 0 Å². The molecule has 130 valence electrons. The van der Waals surface area contributed by atoms with E-state index in [1.54, 1.807) is 0 Å². The zero-order valence-electron chi connectivity index (χ0n) is 14.9. The quantitative estimate of drug-likeness (QED) is 0.221. The van der Waals surface area contributed by atoms with Crippen molar-refractivity contribution in [2.45, 2.75) is 110 Å². The van der Waals surface area contributed by atoms with Crippen molar-refractivity contribution >= 4 is 12.6 Å². The first-order chi connectivity index (χ1) is 10.8. The van der Waals surface area contributed by atoms with E-state index in [1.165, 1.54) is 83.3 Å². The Hall–Kier alpha value is -0.660. The molecule has 2 nitrogen and oxygen atoms in total. The number of hydrogen-bond acceptors (Lipinski definition) is 2. The smallest absolute Gasteiger partial charge is 0.123 e. The molecule has 0 spiro atoms. The van der Waals surface area contributed by atoms with E-state index in [0.717, 1.165) is 25.5 Å². The van der Waals surface area contributed by atoms with Crippen LogP contribution in [0.15, 0.2) is 0 Å². The first-order valence-corrected chi connectivity index (χ1v) is 9.74. The Morgan fingerprint density at radius 3 is 1.55 bits per heavy atom. The van der Waals surface area contributed by atoms with E-state index in [9.17, 15) is 9.59 Å². The molecule has 0 aliphatic carbocycles. The lowest BCUT2D eigenvalue weighted by Gasteiger charge is -2.10. The van der Waals surface area contributed by atoms with Crippen molar-refractivity contribution in [2.75, 3.05) is 0 Å². The number of carbonyl (C=O) groups is 2. The summed E-state index contributed by atoms with van der Waals surface area (Å²) in [6, 6.07) is 0. The Balaban J connectivity index is 3.32. The highest BCUT2D eigenvalue weighted by Gasteiger charge is 2.06. The maximum Gasteiger partial charge on any atom is 0.123 e. The van der Waals surface area contributed by atoms with E-state index in [1.807, 2.05) is 0 Å². The van der Waals surface area contributed by atoms with Crippen LogP contribution in [0.3, 0.4) is 0 Å². The Labute approximate surface area is 138 Å². The van der Waals surface area contributed by atoms with Crippen LogP contribution in [0.4, 0.5) is 0 Å². The second-order valence-electron chi connectivity index (χ2n) is 6.67. The van der Waals surface area contributed by atoms with Crippen molar-refractivity contribution in [3.63, 3.8) is 0 Å². The zero-order chi connectivity index (χ0) is 16.3. The van der Waals surface area contributed by atoms with Gasteiger partial charge in [-0.1, -0.05) is 84.0 Å². The third-order valence-electron chi connectivity index (χ3n) is 4.52. The largest absolute Gasteiger partial charge is 0.303 e. The molecular formula is C20H38O2. The molecule has 1 atom stereocenters. The topological polar surface area (TPSA) is 34.1 Å². The Bertz CT molecular complexity index is 238. The molecule has 0 saturated carbocycles. The third-order valence-corrected chi connectivity index (χ3v) is 4.52. The predicted octanol–water partition coefficient (Wildman–Crippen LogP) is 6.26. The third kappa shape index (κ3) is 15.7. The van der Waals surface area contributed by atoms with Gasteiger partial charge in [-0.05, 0) is 19.3 Å². The summed E-state index contributed by atoms with van der Waals surface area (Å²) in [7, 11) is 0. The van der Waals surface area contributed by atoms with Gasteiger partial charge >= 0.3 is 0 Å². The van der Waals surface area contributed by atoms with Gasteiger partial charge in [0.15, 0.2) is 0 Å². The molecule has 0 heterocycles. The van der Waals surface area contributed by atoms with Crippen molar-refractivity contribution in [3.05, 3.63) is 0 Å². The molecule has 0 aromatic heterocycles. The molecule has 0 fully saturated rings. The van der Waals surface area contributed by atoms with Crippen LogP contribution in [0.2, 0.25) is 0 Å². The minimum atomic E-state index is 0.297. The summed E-state index contributed by atoms with van der Waals surface area (Å²) < 4.78 is 0. The summed E-state index contributed by atoms with van der Waals surface area (Å²) in [5, 5.41) is 0. The van der Waals surface area contributed by atoms with Crippen molar-refractivity contribution in [1.29, 1.82) is 0 Å². The minimum Gasteiger partial charge on any atom is -0.303 e. The minimum absolute atomic E-state index is 0.297. The van der Waals surface area contributed by atoms with Gasteiger partial charge < -0.3 is 9.59 Å². The van der Waals surface area contributed by atoms with E-state index in [4.69, 9.17) is 0 Å². The summed E-state index contributed by atoms with van der Waals surface area (Å²) >= 11 is 0. The first kappa shape index (κ1) is 21.3. The zero-order valence-corrected chi connectivity index (χ0v) is 14.9. The highest BCUT2D eigenvalue weighted by atomic mass is 16.1. The van der Waals surface area contributed by atoms with E-state index >= 15 is 0 Å². The van der Waals surface area contributed by atoms with Gasteiger partial charge in [-0.25, -0.2) is 0 Å². The fourth-order valence-electron chi connectivity index (χ4n) is 2.99. The molecule has 22 heavy (non-hydrogen) atoms. The average Bonchev–Trinajstić information content (AvgIpc) is 2.54. The van der Waals surface area contributed by atoms with Crippen LogP contribution in [0.25, 0.3) is 0 Å². The standard InChI is InChI=1S/C20H38O2/c1-2-3-4-5-7-10-13-16-20(19-22)17-14-11-8-6-9-12-15-18-21/h18-20H,2-17H2,1H3. The van der Waals surface area contributed by atoms with Crippen LogP contribution < -0.4 is 0 Å². The lowest BCUT2D eigenvalue weighted by Crippen LogP contribution is -2.02. The number of rotatable bonds is 18. The second-order valence-corrected chi connectivity index (χ2v) is 6.67. The fourth-order valence-corrected chi connectivity index (χ4v) is 2.99. The van der Waals surface area contributed by atoms with Crippen LogP contribution in [0.1, 0.15) is 110 Å². The second kappa shape index (κ2) is 18.4. The molecule has 0 saturated heterocycles. The number of unbranched alkanes of at least 4 members (excludes halogenated alkanes) is 12. The van der Waals surface area contributed by atoms with Gasteiger partial charge in [0.05, 0.1) is 0 Å². The number of carbonyl (C=O) groups excluding carboxylic acids is 2. The molecule has 0 radical (unpaired) electrons. The molecule has 0 aromatic rings. The first-order valence-electron chi connectivity index (χ1n) is 9.74.